The summed E-state index contributed by atoms with van der Waals surface area (Å²) in [7, 11) is 0. The van der Waals surface area contributed by atoms with Crippen LogP contribution in [0.25, 0.3) is 0 Å². The molecular weight excluding hydrogens is 424 g/mol. The number of ketones is 1. The molecule has 1 amide bonds. The van der Waals surface area contributed by atoms with Crippen LogP contribution >= 0.6 is 31.9 Å². The topological polar surface area (TPSA) is 46.2 Å². The van der Waals surface area contributed by atoms with E-state index in [0.717, 1.165) is 12.1 Å². The van der Waals surface area contributed by atoms with Gasteiger partial charge in [-0.05, 0) is 56.1 Å². The van der Waals surface area contributed by atoms with Crippen molar-refractivity contribution in [2.45, 2.75) is 6.92 Å². The molecule has 0 radical (unpaired) electrons. The predicted octanol–water partition coefficient (Wildman–Crippen LogP) is 4.68. The maximum Gasteiger partial charge on any atom is 0.221 e. The molecule has 0 heterocycles. The fraction of sp³-hybridized carbons (Fsp3) is 0.0667. The highest BCUT2D eigenvalue weighted by Crippen LogP contribution is 2.34. The van der Waals surface area contributed by atoms with Crippen molar-refractivity contribution in [3.05, 3.63) is 62.0 Å². The number of rotatable bonds is 3. The van der Waals surface area contributed by atoms with E-state index >= 15 is 0 Å². The van der Waals surface area contributed by atoms with Crippen molar-refractivity contribution in [3.8, 4) is 0 Å². The Hall–Kier alpha value is -1.60. The number of anilines is 1. The number of hydrogen-bond acceptors (Lipinski definition) is 2. The number of amides is 1. The van der Waals surface area contributed by atoms with Gasteiger partial charge in [0.2, 0.25) is 11.7 Å². The zero-order chi connectivity index (χ0) is 16.4. The lowest BCUT2D eigenvalue weighted by Crippen LogP contribution is -2.14. The van der Waals surface area contributed by atoms with Crippen LogP contribution in [0.4, 0.5) is 14.5 Å². The van der Waals surface area contributed by atoms with Crippen molar-refractivity contribution in [1.82, 2.24) is 0 Å². The van der Waals surface area contributed by atoms with E-state index in [1.54, 1.807) is 6.07 Å². The molecule has 2 aromatic carbocycles. The Morgan fingerprint density at radius 3 is 2.14 bits per heavy atom. The Morgan fingerprint density at radius 1 is 1.00 bits per heavy atom. The zero-order valence-corrected chi connectivity index (χ0v) is 14.4. The van der Waals surface area contributed by atoms with Crippen LogP contribution in [0.5, 0.6) is 0 Å². The van der Waals surface area contributed by atoms with Crippen LogP contribution in [0, 0.1) is 11.6 Å². The van der Waals surface area contributed by atoms with Crippen LogP contribution in [-0.4, -0.2) is 11.7 Å². The second-order valence-electron chi connectivity index (χ2n) is 4.39. The molecule has 114 valence electrons. The van der Waals surface area contributed by atoms with Gasteiger partial charge in [-0.1, -0.05) is 6.07 Å². The molecule has 2 aromatic rings. The lowest BCUT2D eigenvalue weighted by atomic mass is 10.0. The third kappa shape index (κ3) is 3.25. The van der Waals surface area contributed by atoms with Crippen molar-refractivity contribution in [2.75, 3.05) is 5.32 Å². The van der Waals surface area contributed by atoms with Gasteiger partial charge in [-0.3, -0.25) is 9.59 Å². The summed E-state index contributed by atoms with van der Waals surface area (Å²) < 4.78 is 28.5. The second-order valence-corrected chi connectivity index (χ2v) is 6.04. The van der Waals surface area contributed by atoms with Crippen molar-refractivity contribution >= 4 is 49.2 Å². The Kier molecular flexibility index (Phi) is 5.08. The lowest BCUT2D eigenvalue weighted by molar-refractivity contribution is -0.114. The van der Waals surface area contributed by atoms with E-state index in [1.807, 2.05) is 0 Å². The summed E-state index contributed by atoms with van der Waals surface area (Å²) in [6, 6.07) is 6.25. The lowest BCUT2D eigenvalue weighted by Gasteiger charge is -2.13. The van der Waals surface area contributed by atoms with Crippen LogP contribution in [0.15, 0.2) is 39.3 Å². The number of carbonyl (C=O) groups is 2. The van der Waals surface area contributed by atoms with Crippen molar-refractivity contribution in [3.63, 3.8) is 0 Å². The van der Waals surface area contributed by atoms with Crippen LogP contribution in [0.3, 0.4) is 0 Å². The summed E-state index contributed by atoms with van der Waals surface area (Å²) in [5, 5.41) is 2.48. The minimum Gasteiger partial charge on any atom is -0.326 e. The minimum absolute atomic E-state index is 0.0337. The average molecular weight is 433 g/mol. The third-order valence-electron chi connectivity index (χ3n) is 2.82. The van der Waals surface area contributed by atoms with E-state index < -0.39 is 28.9 Å². The second kappa shape index (κ2) is 6.66. The summed E-state index contributed by atoms with van der Waals surface area (Å²) in [5.74, 6) is -3.21. The van der Waals surface area contributed by atoms with Gasteiger partial charge in [-0.2, -0.15) is 0 Å². The predicted molar refractivity (Wildman–Crippen MR) is 85.9 cm³/mol. The average Bonchev–Trinajstić information content (AvgIpc) is 2.42. The highest BCUT2D eigenvalue weighted by molar-refractivity contribution is 9.13. The molecule has 2 rings (SSSR count). The molecule has 0 spiro atoms. The molecule has 0 aromatic heterocycles. The molecule has 3 nitrogen and oxygen atoms in total. The molecule has 0 bridgehead atoms. The van der Waals surface area contributed by atoms with E-state index in [0.29, 0.717) is 8.95 Å². The highest BCUT2D eigenvalue weighted by Gasteiger charge is 2.25. The zero-order valence-electron chi connectivity index (χ0n) is 11.2. The highest BCUT2D eigenvalue weighted by atomic mass is 79.9. The van der Waals surface area contributed by atoms with Crippen molar-refractivity contribution in [1.29, 1.82) is 0 Å². The molecule has 1 N–H and O–H groups in total. The molecule has 0 atom stereocenters. The van der Waals surface area contributed by atoms with Gasteiger partial charge in [0.15, 0.2) is 0 Å². The SMILES string of the molecule is CC(=O)Nc1ccc(Br)c(Br)c1C(=O)c1c(F)cccc1F. The van der Waals surface area contributed by atoms with Gasteiger partial charge in [0.05, 0.1) is 16.8 Å². The molecule has 22 heavy (non-hydrogen) atoms. The molecule has 0 aliphatic heterocycles. The summed E-state index contributed by atoms with van der Waals surface area (Å²) in [6.07, 6.45) is 0. The van der Waals surface area contributed by atoms with Gasteiger partial charge in [0.1, 0.15) is 11.6 Å². The van der Waals surface area contributed by atoms with Gasteiger partial charge >= 0.3 is 0 Å². The quantitative estimate of drug-likeness (QED) is 0.715. The third-order valence-corrected chi connectivity index (χ3v) is 4.84. The summed E-state index contributed by atoms with van der Waals surface area (Å²) in [5.41, 5.74) is -0.545. The van der Waals surface area contributed by atoms with Crippen LogP contribution in [0.1, 0.15) is 22.8 Å². The molecule has 0 saturated heterocycles. The molecule has 7 heteroatoms. The number of hydrogen-bond donors (Lipinski definition) is 1. The summed E-state index contributed by atoms with van der Waals surface area (Å²) >= 11 is 6.43. The first kappa shape index (κ1) is 16.8. The van der Waals surface area contributed by atoms with Gasteiger partial charge in [-0.15, -0.1) is 0 Å². The largest absolute Gasteiger partial charge is 0.326 e. The van der Waals surface area contributed by atoms with E-state index in [9.17, 15) is 18.4 Å². The maximum absolute atomic E-state index is 13.8. The molecule has 0 aliphatic carbocycles. The summed E-state index contributed by atoms with van der Waals surface area (Å²) in [6.45, 7) is 1.27. The normalized spacial score (nSPS) is 10.4. The molecule has 0 unspecified atom stereocenters. The van der Waals surface area contributed by atoms with Gasteiger partial charge in [0.25, 0.3) is 0 Å². The Morgan fingerprint density at radius 2 is 1.59 bits per heavy atom. The van der Waals surface area contributed by atoms with E-state index in [4.69, 9.17) is 0 Å². The first-order valence-electron chi connectivity index (χ1n) is 6.07. The Balaban J connectivity index is 2.67. The van der Waals surface area contributed by atoms with Gasteiger partial charge in [-0.25, -0.2) is 8.78 Å². The summed E-state index contributed by atoms with van der Waals surface area (Å²) in [4.78, 5) is 23.8. The van der Waals surface area contributed by atoms with Crippen LogP contribution in [0.2, 0.25) is 0 Å². The number of carbonyl (C=O) groups excluding carboxylic acids is 2. The van der Waals surface area contributed by atoms with E-state index in [1.165, 1.54) is 19.1 Å². The van der Waals surface area contributed by atoms with Crippen molar-refractivity contribution < 1.29 is 18.4 Å². The molecule has 0 fully saturated rings. The Bertz CT molecular complexity index is 758. The molecular formula is C15H9Br2F2NO2. The number of halogens is 4. The molecule has 0 saturated carbocycles. The molecule has 0 aliphatic rings. The maximum atomic E-state index is 13.8. The standard InChI is InChI=1S/C15H9Br2F2NO2/c1-7(21)20-11-6-5-8(16)14(17)13(11)15(22)12-9(18)3-2-4-10(12)19/h2-6H,1H3,(H,20,21). The van der Waals surface area contributed by atoms with Crippen LogP contribution < -0.4 is 5.32 Å². The number of benzene rings is 2. The fourth-order valence-electron chi connectivity index (χ4n) is 1.91. The van der Waals surface area contributed by atoms with E-state index in [2.05, 4.69) is 37.2 Å². The Labute approximate surface area is 142 Å². The van der Waals surface area contributed by atoms with Crippen LogP contribution in [-0.2, 0) is 4.79 Å². The first-order chi connectivity index (χ1) is 10.3. The van der Waals surface area contributed by atoms with Gasteiger partial charge < -0.3 is 5.32 Å². The minimum atomic E-state index is -0.967. The fourth-order valence-corrected chi connectivity index (χ4v) is 2.76. The van der Waals surface area contributed by atoms with E-state index in [-0.39, 0.29) is 11.3 Å². The first-order valence-corrected chi connectivity index (χ1v) is 7.65. The van der Waals surface area contributed by atoms with Gasteiger partial charge in [0, 0.05) is 15.9 Å². The van der Waals surface area contributed by atoms with Crippen molar-refractivity contribution in [2.24, 2.45) is 0 Å². The monoisotopic (exact) mass is 431 g/mol. The smallest absolute Gasteiger partial charge is 0.221 e. The number of nitrogens with one attached hydrogen (secondary N) is 1.